The number of phenols is 1. The van der Waals surface area contributed by atoms with Gasteiger partial charge in [-0.25, -0.2) is 0 Å². The van der Waals surface area contributed by atoms with E-state index in [1.54, 1.807) is 6.07 Å². The summed E-state index contributed by atoms with van der Waals surface area (Å²) in [5.41, 5.74) is 6.72. The largest absolute Gasteiger partial charge is 0.508 e. The lowest BCUT2D eigenvalue weighted by Gasteiger charge is -2.38. The maximum absolute atomic E-state index is 9.53. The Labute approximate surface area is 72.0 Å². The number of phenolic OH excluding ortho intramolecular Hbond substituents is 1. The summed E-state index contributed by atoms with van der Waals surface area (Å²) in [5, 5.41) is 9.53. The molecule has 0 spiro atoms. The molecule has 1 fully saturated rings. The van der Waals surface area contributed by atoms with Crippen LogP contribution in [0.4, 0.5) is 0 Å². The van der Waals surface area contributed by atoms with Crippen LogP contribution in [0, 0.1) is 0 Å². The summed E-state index contributed by atoms with van der Waals surface area (Å²) < 4.78 is 0. The summed E-state index contributed by atoms with van der Waals surface area (Å²) in [6.07, 6.45) is 3.15. The third kappa shape index (κ3) is 0.994. The molecular formula is C10H13NO. The van der Waals surface area contributed by atoms with Crippen LogP contribution in [0.25, 0.3) is 0 Å². The maximum Gasteiger partial charge on any atom is 0.120 e. The molecule has 2 heteroatoms. The van der Waals surface area contributed by atoms with Crippen LogP contribution in [0.2, 0.25) is 0 Å². The summed E-state index contributed by atoms with van der Waals surface area (Å²) in [6, 6.07) is 7.35. The minimum atomic E-state index is -0.245. The lowest BCUT2D eigenvalue weighted by atomic mass is 9.72. The highest BCUT2D eigenvalue weighted by molar-refractivity contribution is 5.38. The van der Waals surface area contributed by atoms with Crippen molar-refractivity contribution in [3.63, 3.8) is 0 Å². The number of benzene rings is 1. The van der Waals surface area contributed by atoms with Gasteiger partial charge in [-0.3, -0.25) is 0 Å². The van der Waals surface area contributed by atoms with Crippen LogP contribution in [0.5, 0.6) is 5.75 Å². The zero-order valence-corrected chi connectivity index (χ0v) is 6.96. The van der Waals surface area contributed by atoms with Crippen molar-refractivity contribution in [1.29, 1.82) is 0 Å². The molecule has 2 nitrogen and oxygen atoms in total. The van der Waals surface area contributed by atoms with Gasteiger partial charge >= 0.3 is 0 Å². The Morgan fingerprint density at radius 1 is 1.25 bits per heavy atom. The predicted octanol–water partition coefficient (Wildman–Crippen LogP) is 1.73. The first-order valence-corrected chi connectivity index (χ1v) is 4.30. The molecule has 1 saturated carbocycles. The average molecular weight is 163 g/mol. The van der Waals surface area contributed by atoms with E-state index in [0.717, 1.165) is 18.4 Å². The SMILES string of the molecule is NC1(c2ccccc2O)CCC1. The van der Waals surface area contributed by atoms with E-state index in [0.29, 0.717) is 5.75 Å². The normalized spacial score (nSPS) is 20.1. The van der Waals surface area contributed by atoms with Gasteiger partial charge in [0.25, 0.3) is 0 Å². The fourth-order valence-corrected chi connectivity index (χ4v) is 1.72. The standard InChI is InChI=1S/C10H13NO/c11-10(6-3-7-10)8-4-1-2-5-9(8)12/h1-2,4-5,12H,3,6-7,11H2. The summed E-state index contributed by atoms with van der Waals surface area (Å²) in [6.45, 7) is 0. The van der Waals surface area contributed by atoms with Crippen LogP contribution < -0.4 is 5.73 Å². The molecule has 0 aliphatic heterocycles. The van der Waals surface area contributed by atoms with E-state index in [1.807, 2.05) is 18.2 Å². The minimum absolute atomic E-state index is 0.245. The van der Waals surface area contributed by atoms with Gasteiger partial charge in [0.05, 0.1) is 0 Å². The Morgan fingerprint density at radius 3 is 2.42 bits per heavy atom. The van der Waals surface area contributed by atoms with Crippen molar-refractivity contribution < 1.29 is 5.11 Å². The monoisotopic (exact) mass is 163 g/mol. The number of nitrogens with two attached hydrogens (primary N) is 1. The van der Waals surface area contributed by atoms with Gasteiger partial charge in [-0.05, 0) is 25.3 Å². The second-order valence-electron chi connectivity index (χ2n) is 3.53. The van der Waals surface area contributed by atoms with E-state index in [4.69, 9.17) is 5.73 Å². The lowest BCUT2D eigenvalue weighted by molar-refractivity contribution is 0.245. The van der Waals surface area contributed by atoms with Crippen LogP contribution in [0.3, 0.4) is 0 Å². The van der Waals surface area contributed by atoms with Crippen LogP contribution in [-0.4, -0.2) is 5.11 Å². The van der Waals surface area contributed by atoms with Crippen molar-refractivity contribution in [3.8, 4) is 5.75 Å². The van der Waals surface area contributed by atoms with Gasteiger partial charge in [0.1, 0.15) is 5.75 Å². The lowest BCUT2D eigenvalue weighted by Crippen LogP contribution is -2.43. The van der Waals surface area contributed by atoms with E-state index < -0.39 is 0 Å². The summed E-state index contributed by atoms with van der Waals surface area (Å²) in [5.74, 6) is 0.333. The first-order valence-electron chi connectivity index (χ1n) is 4.30. The molecule has 12 heavy (non-hydrogen) atoms. The Bertz CT molecular complexity index is 292. The summed E-state index contributed by atoms with van der Waals surface area (Å²) in [7, 11) is 0. The highest BCUT2D eigenvalue weighted by Crippen LogP contribution is 2.41. The molecule has 1 aromatic carbocycles. The maximum atomic E-state index is 9.53. The Kier molecular flexibility index (Phi) is 1.58. The molecule has 1 aliphatic rings. The fourth-order valence-electron chi connectivity index (χ4n) is 1.72. The highest BCUT2D eigenvalue weighted by Gasteiger charge is 2.35. The van der Waals surface area contributed by atoms with Crippen LogP contribution in [0.15, 0.2) is 24.3 Å². The zero-order valence-electron chi connectivity index (χ0n) is 6.96. The highest BCUT2D eigenvalue weighted by atomic mass is 16.3. The van der Waals surface area contributed by atoms with E-state index in [-0.39, 0.29) is 5.54 Å². The molecule has 0 heterocycles. The third-order valence-electron chi connectivity index (χ3n) is 2.69. The van der Waals surface area contributed by atoms with Crippen molar-refractivity contribution in [3.05, 3.63) is 29.8 Å². The van der Waals surface area contributed by atoms with Gasteiger partial charge in [-0.2, -0.15) is 0 Å². The molecule has 0 bridgehead atoms. The molecule has 0 saturated heterocycles. The minimum Gasteiger partial charge on any atom is -0.508 e. The van der Waals surface area contributed by atoms with Gasteiger partial charge in [0.2, 0.25) is 0 Å². The number of rotatable bonds is 1. The smallest absolute Gasteiger partial charge is 0.120 e. The molecule has 0 atom stereocenters. The van der Waals surface area contributed by atoms with Gasteiger partial charge < -0.3 is 10.8 Å². The van der Waals surface area contributed by atoms with E-state index in [2.05, 4.69) is 0 Å². The summed E-state index contributed by atoms with van der Waals surface area (Å²) in [4.78, 5) is 0. The quantitative estimate of drug-likeness (QED) is 0.662. The van der Waals surface area contributed by atoms with Crippen molar-refractivity contribution >= 4 is 0 Å². The number of aromatic hydroxyl groups is 1. The fraction of sp³-hybridized carbons (Fsp3) is 0.400. The van der Waals surface area contributed by atoms with Gasteiger partial charge in [0.15, 0.2) is 0 Å². The van der Waals surface area contributed by atoms with E-state index in [9.17, 15) is 5.11 Å². The van der Waals surface area contributed by atoms with Crippen LogP contribution >= 0.6 is 0 Å². The zero-order chi connectivity index (χ0) is 8.60. The predicted molar refractivity (Wildman–Crippen MR) is 47.8 cm³/mol. The molecular weight excluding hydrogens is 150 g/mol. The first-order chi connectivity index (χ1) is 5.72. The van der Waals surface area contributed by atoms with Crippen molar-refractivity contribution in [2.24, 2.45) is 5.73 Å². The van der Waals surface area contributed by atoms with Crippen molar-refractivity contribution in [2.45, 2.75) is 24.8 Å². The second-order valence-corrected chi connectivity index (χ2v) is 3.53. The molecule has 1 aromatic rings. The molecule has 0 radical (unpaired) electrons. The molecule has 3 N–H and O–H groups in total. The number of hydrogen-bond acceptors (Lipinski definition) is 2. The molecule has 64 valence electrons. The summed E-state index contributed by atoms with van der Waals surface area (Å²) >= 11 is 0. The average Bonchev–Trinajstić information content (AvgIpc) is 2.01. The molecule has 1 aliphatic carbocycles. The van der Waals surface area contributed by atoms with Crippen LogP contribution in [-0.2, 0) is 5.54 Å². The Morgan fingerprint density at radius 2 is 1.92 bits per heavy atom. The topological polar surface area (TPSA) is 46.2 Å². The number of hydrogen-bond donors (Lipinski definition) is 2. The van der Waals surface area contributed by atoms with E-state index >= 15 is 0 Å². The Hall–Kier alpha value is -1.02. The Balaban J connectivity index is 2.39. The second kappa shape index (κ2) is 2.49. The van der Waals surface area contributed by atoms with Crippen molar-refractivity contribution in [2.75, 3.05) is 0 Å². The van der Waals surface area contributed by atoms with Gasteiger partial charge in [0, 0.05) is 11.1 Å². The number of para-hydroxylation sites is 1. The van der Waals surface area contributed by atoms with Crippen molar-refractivity contribution in [1.82, 2.24) is 0 Å². The molecule has 0 unspecified atom stereocenters. The molecule has 0 amide bonds. The molecule has 0 aromatic heterocycles. The van der Waals surface area contributed by atoms with E-state index in [1.165, 1.54) is 6.42 Å². The van der Waals surface area contributed by atoms with Gasteiger partial charge in [-0.1, -0.05) is 18.2 Å². The first kappa shape index (κ1) is 7.62. The molecule has 2 rings (SSSR count). The van der Waals surface area contributed by atoms with Gasteiger partial charge in [-0.15, -0.1) is 0 Å². The van der Waals surface area contributed by atoms with Crippen LogP contribution in [0.1, 0.15) is 24.8 Å². The third-order valence-corrected chi connectivity index (χ3v) is 2.69.